The van der Waals surface area contributed by atoms with Gasteiger partial charge in [0.05, 0.1) is 0 Å². The Bertz CT molecular complexity index is 593. The predicted molar refractivity (Wildman–Crippen MR) is 83.3 cm³/mol. The predicted octanol–water partition coefficient (Wildman–Crippen LogP) is 5.11. The first-order chi connectivity index (χ1) is 8.47. The van der Waals surface area contributed by atoms with Crippen LogP contribution in [0.5, 0.6) is 0 Å². The van der Waals surface area contributed by atoms with Crippen LogP contribution in [0.25, 0.3) is 0 Å². The fourth-order valence-electron chi connectivity index (χ4n) is 1.65. The van der Waals surface area contributed by atoms with Gasteiger partial charge in [-0.2, -0.15) is 0 Å². The van der Waals surface area contributed by atoms with Crippen molar-refractivity contribution in [3.63, 3.8) is 0 Å². The molecule has 2 rings (SSSR count). The molecular formula is C15H16BrNS. The zero-order valence-electron chi connectivity index (χ0n) is 10.8. The van der Waals surface area contributed by atoms with Gasteiger partial charge in [-0.1, -0.05) is 17.8 Å². The van der Waals surface area contributed by atoms with Gasteiger partial charge in [-0.3, -0.25) is 0 Å². The zero-order chi connectivity index (χ0) is 13.3. The van der Waals surface area contributed by atoms with Crippen LogP contribution in [-0.2, 0) is 0 Å². The number of rotatable bonds is 2. The summed E-state index contributed by atoms with van der Waals surface area (Å²) in [6, 6.07) is 10.6. The fraction of sp³-hybridized carbons (Fsp3) is 0.200. The lowest BCUT2D eigenvalue weighted by Crippen LogP contribution is -1.90. The highest BCUT2D eigenvalue weighted by Gasteiger charge is 2.06. The van der Waals surface area contributed by atoms with Crippen molar-refractivity contribution in [2.45, 2.75) is 30.6 Å². The van der Waals surface area contributed by atoms with Gasteiger partial charge in [0.1, 0.15) is 0 Å². The summed E-state index contributed by atoms with van der Waals surface area (Å²) in [6.45, 7) is 6.31. The Morgan fingerprint density at radius 2 is 1.67 bits per heavy atom. The largest absolute Gasteiger partial charge is 0.398 e. The summed E-state index contributed by atoms with van der Waals surface area (Å²) in [5.74, 6) is 0. The van der Waals surface area contributed by atoms with Crippen LogP contribution in [0.3, 0.4) is 0 Å². The molecule has 94 valence electrons. The summed E-state index contributed by atoms with van der Waals surface area (Å²) in [5.41, 5.74) is 10.5. The molecule has 0 atom stereocenters. The molecular weight excluding hydrogens is 306 g/mol. The smallest absolute Gasteiger partial charge is 0.0355 e. The van der Waals surface area contributed by atoms with Crippen molar-refractivity contribution in [3.05, 3.63) is 51.5 Å². The van der Waals surface area contributed by atoms with Crippen molar-refractivity contribution in [2.75, 3.05) is 5.73 Å². The van der Waals surface area contributed by atoms with E-state index in [-0.39, 0.29) is 0 Å². The third-order valence-electron chi connectivity index (χ3n) is 3.03. The van der Waals surface area contributed by atoms with Gasteiger partial charge in [-0.25, -0.2) is 0 Å². The van der Waals surface area contributed by atoms with Gasteiger partial charge < -0.3 is 5.73 Å². The summed E-state index contributed by atoms with van der Waals surface area (Å²) >= 11 is 5.33. The van der Waals surface area contributed by atoms with E-state index in [9.17, 15) is 0 Å². The minimum atomic E-state index is 0.825. The standard InChI is InChI=1S/C15H16BrNS/c1-9-4-5-12(6-10(9)2)18-15-7-11(3)14(17)8-13(15)16/h4-8H,17H2,1-3H3. The van der Waals surface area contributed by atoms with Crippen molar-refractivity contribution >= 4 is 33.4 Å². The highest BCUT2D eigenvalue weighted by molar-refractivity contribution is 9.10. The number of halogens is 1. The lowest BCUT2D eigenvalue weighted by Gasteiger charge is -2.09. The molecule has 1 nitrogen and oxygen atoms in total. The Morgan fingerprint density at radius 1 is 0.944 bits per heavy atom. The van der Waals surface area contributed by atoms with Gasteiger partial charge in [0.2, 0.25) is 0 Å². The number of nitrogen functional groups attached to an aromatic ring is 1. The lowest BCUT2D eigenvalue weighted by molar-refractivity contribution is 1.27. The van der Waals surface area contributed by atoms with E-state index in [1.807, 2.05) is 13.0 Å². The van der Waals surface area contributed by atoms with E-state index >= 15 is 0 Å². The van der Waals surface area contributed by atoms with E-state index in [4.69, 9.17) is 5.73 Å². The van der Waals surface area contributed by atoms with Crippen molar-refractivity contribution in [1.29, 1.82) is 0 Å². The number of hydrogen-bond acceptors (Lipinski definition) is 2. The SMILES string of the molecule is Cc1ccc(Sc2cc(C)c(N)cc2Br)cc1C. The Morgan fingerprint density at radius 3 is 2.33 bits per heavy atom. The second-order valence-corrected chi connectivity index (χ2v) is 6.46. The van der Waals surface area contributed by atoms with Crippen LogP contribution in [0, 0.1) is 20.8 Å². The van der Waals surface area contributed by atoms with Crippen LogP contribution in [0.1, 0.15) is 16.7 Å². The Hall–Kier alpha value is -0.930. The van der Waals surface area contributed by atoms with Crippen molar-refractivity contribution in [3.8, 4) is 0 Å². The van der Waals surface area contributed by atoms with Crippen LogP contribution in [0.2, 0.25) is 0 Å². The summed E-state index contributed by atoms with van der Waals surface area (Å²) in [5, 5.41) is 0. The third-order valence-corrected chi connectivity index (χ3v) is 4.99. The molecule has 0 saturated heterocycles. The van der Waals surface area contributed by atoms with Gasteiger partial charge >= 0.3 is 0 Å². The van der Waals surface area contributed by atoms with Gasteiger partial charge in [0, 0.05) is 20.0 Å². The number of benzene rings is 2. The Kier molecular flexibility index (Phi) is 4.03. The minimum absolute atomic E-state index is 0.825. The molecule has 0 heterocycles. The molecule has 0 radical (unpaired) electrons. The molecule has 2 N–H and O–H groups in total. The van der Waals surface area contributed by atoms with E-state index in [1.54, 1.807) is 11.8 Å². The molecule has 0 saturated carbocycles. The summed E-state index contributed by atoms with van der Waals surface area (Å²) in [4.78, 5) is 2.45. The van der Waals surface area contributed by atoms with Crippen LogP contribution in [0.15, 0.2) is 44.6 Å². The van der Waals surface area contributed by atoms with Gasteiger partial charge in [-0.15, -0.1) is 0 Å². The maximum absolute atomic E-state index is 5.89. The molecule has 2 aromatic carbocycles. The lowest BCUT2D eigenvalue weighted by atomic mass is 10.1. The summed E-state index contributed by atoms with van der Waals surface area (Å²) in [7, 11) is 0. The second-order valence-electron chi connectivity index (χ2n) is 4.49. The maximum Gasteiger partial charge on any atom is 0.0355 e. The molecule has 0 aliphatic heterocycles. The Balaban J connectivity index is 2.34. The molecule has 3 heteroatoms. The normalized spacial score (nSPS) is 10.7. The highest BCUT2D eigenvalue weighted by Crippen LogP contribution is 2.36. The highest BCUT2D eigenvalue weighted by atomic mass is 79.9. The van der Waals surface area contributed by atoms with Gasteiger partial charge in [-0.05, 0) is 77.7 Å². The molecule has 0 aromatic heterocycles. The van der Waals surface area contributed by atoms with Gasteiger partial charge in [0.15, 0.2) is 0 Å². The van der Waals surface area contributed by atoms with Crippen molar-refractivity contribution in [2.24, 2.45) is 0 Å². The topological polar surface area (TPSA) is 26.0 Å². The van der Waals surface area contributed by atoms with E-state index in [2.05, 4.69) is 54.0 Å². The summed E-state index contributed by atoms with van der Waals surface area (Å²) in [6.07, 6.45) is 0. The number of anilines is 1. The molecule has 0 aliphatic carbocycles. The third kappa shape index (κ3) is 2.90. The molecule has 0 spiro atoms. The average molecular weight is 322 g/mol. The van der Waals surface area contributed by atoms with E-state index in [0.717, 1.165) is 15.7 Å². The Labute approximate surface area is 121 Å². The van der Waals surface area contributed by atoms with E-state index in [1.165, 1.54) is 20.9 Å². The molecule has 0 fully saturated rings. The summed E-state index contributed by atoms with van der Waals surface area (Å²) < 4.78 is 1.05. The van der Waals surface area contributed by atoms with E-state index < -0.39 is 0 Å². The first kappa shape index (κ1) is 13.5. The van der Waals surface area contributed by atoms with Crippen molar-refractivity contribution < 1.29 is 0 Å². The molecule has 2 aromatic rings. The monoisotopic (exact) mass is 321 g/mol. The van der Waals surface area contributed by atoms with Gasteiger partial charge in [0.25, 0.3) is 0 Å². The molecule has 0 unspecified atom stereocenters. The number of nitrogens with two attached hydrogens (primary N) is 1. The van der Waals surface area contributed by atoms with Crippen molar-refractivity contribution in [1.82, 2.24) is 0 Å². The van der Waals surface area contributed by atoms with E-state index in [0.29, 0.717) is 0 Å². The maximum atomic E-state index is 5.89. The number of aryl methyl sites for hydroxylation is 3. The average Bonchev–Trinajstić information content (AvgIpc) is 2.31. The quantitative estimate of drug-likeness (QED) is 0.778. The number of hydrogen-bond donors (Lipinski definition) is 1. The zero-order valence-corrected chi connectivity index (χ0v) is 13.2. The fourth-order valence-corrected chi connectivity index (χ4v) is 3.27. The van der Waals surface area contributed by atoms with Crippen LogP contribution >= 0.6 is 27.7 Å². The van der Waals surface area contributed by atoms with Crippen LogP contribution < -0.4 is 5.73 Å². The second kappa shape index (κ2) is 5.37. The molecule has 0 aliphatic rings. The molecule has 0 amide bonds. The first-order valence-corrected chi connectivity index (χ1v) is 7.39. The molecule has 18 heavy (non-hydrogen) atoms. The first-order valence-electron chi connectivity index (χ1n) is 5.78. The van der Waals surface area contributed by atoms with Crippen LogP contribution in [0.4, 0.5) is 5.69 Å². The molecule has 0 bridgehead atoms. The minimum Gasteiger partial charge on any atom is -0.398 e. The van der Waals surface area contributed by atoms with Crippen LogP contribution in [-0.4, -0.2) is 0 Å².